The van der Waals surface area contributed by atoms with E-state index in [0.29, 0.717) is 18.8 Å². The lowest BCUT2D eigenvalue weighted by Gasteiger charge is -2.12. The monoisotopic (exact) mass is 344 g/mol. The molecule has 0 bridgehead atoms. The summed E-state index contributed by atoms with van der Waals surface area (Å²) in [6, 6.07) is 12.3. The van der Waals surface area contributed by atoms with E-state index in [-0.39, 0.29) is 5.91 Å². The molecule has 24 heavy (non-hydrogen) atoms. The number of aromatic nitrogens is 1. The molecule has 0 saturated heterocycles. The van der Waals surface area contributed by atoms with E-state index in [1.54, 1.807) is 18.9 Å². The molecule has 0 aliphatic rings. The summed E-state index contributed by atoms with van der Waals surface area (Å²) in [5.41, 5.74) is 4.22. The van der Waals surface area contributed by atoms with Crippen molar-refractivity contribution in [3.8, 4) is 5.88 Å². The van der Waals surface area contributed by atoms with Crippen LogP contribution in [0.25, 0.3) is 0 Å². The van der Waals surface area contributed by atoms with Crippen LogP contribution >= 0.6 is 11.8 Å². The average molecular weight is 344 g/mol. The molecule has 4 nitrogen and oxygen atoms in total. The molecule has 0 atom stereocenters. The molecule has 0 unspecified atom stereocenters. The van der Waals surface area contributed by atoms with Crippen LogP contribution in [0.2, 0.25) is 0 Å². The third-order valence-electron chi connectivity index (χ3n) is 3.68. The van der Waals surface area contributed by atoms with Gasteiger partial charge in [-0.25, -0.2) is 4.98 Å². The topological polar surface area (TPSA) is 51.2 Å². The summed E-state index contributed by atoms with van der Waals surface area (Å²) < 4.78 is 5.32. The molecule has 1 amide bonds. The Balaban J connectivity index is 1.75. The second kappa shape index (κ2) is 9.33. The maximum absolute atomic E-state index is 12.0. The summed E-state index contributed by atoms with van der Waals surface area (Å²) >= 11 is 1.77. The highest BCUT2D eigenvalue weighted by Gasteiger charge is 2.11. The van der Waals surface area contributed by atoms with Crippen LogP contribution in [0.4, 0.5) is 0 Å². The number of rotatable bonds is 8. The summed E-state index contributed by atoms with van der Waals surface area (Å²) in [7, 11) is 1.60. The largest absolute Gasteiger partial charge is 0.481 e. The van der Waals surface area contributed by atoms with Gasteiger partial charge >= 0.3 is 0 Å². The minimum absolute atomic E-state index is 0.0533. The van der Waals surface area contributed by atoms with Crippen LogP contribution in [0.1, 0.15) is 28.8 Å². The van der Waals surface area contributed by atoms with Crippen molar-refractivity contribution >= 4 is 17.7 Å². The zero-order valence-electron chi connectivity index (χ0n) is 14.5. The number of benzene rings is 1. The van der Waals surface area contributed by atoms with Gasteiger partial charge in [0.1, 0.15) is 0 Å². The maximum Gasteiger partial charge on any atom is 0.221 e. The van der Waals surface area contributed by atoms with Gasteiger partial charge in [0, 0.05) is 35.7 Å². The van der Waals surface area contributed by atoms with E-state index >= 15 is 0 Å². The number of carbonyl (C=O) groups excluding carboxylic acids is 1. The Morgan fingerprint density at radius 3 is 2.71 bits per heavy atom. The lowest BCUT2D eigenvalue weighted by Crippen LogP contribution is -2.24. The molecule has 0 radical (unpaired) electrons. The zero-order chi connectivity index (χ0) is 17.4. The van der Waals surface area contributed by atoms with Gasteiger partial charge in [-0.3, -0.25) is 4.79 Å². The van der Waals surface area contributed by atoms with E-state index in [1.165, 1.54) is 5.56 Å². The van der Waals surface area contributed by atoms with E-state index < -0.39 is 0 Å². The number of hydrogen-bond acceptors (Lipinski definition) is 4. The van der Waals surface area contributed by atoms with Crippen molar-refractivity contribution in [2.75, 3.05) is 12.9 Å². The summed E-state index contributed by atoms with van der Waals surface area (Å²) in [5.74, 6) is 2.38. The maximum atomic E-state index is 12.0. The fourth-order valence-corrected chi connectivity index (χ4v) is 3.32. The fraction of sp³-hybridized carbons (Fsp3) is 0.368. The Hall–Kier alpha value is -2.01. The van der Waals surface area contributed by atoms with E-state index in [2.05, 4.69) is 22.4 Å². The number of nitrogens with one attached hydrogen (secondary N) is 1. The first kappa shape index (κ1) is 18.3. The van der Waals surface area contributed by atoms with Crippen molar-refractivity contribution in [2.24, 2.45) is 0 Å². The van der Waals surface area contributed by atoms with Gasteiger partial charge in [-0.15, -0.1) is 0 Å². The van der Waals surface area contributed by atoms with Gasteiger partial charge in [0.25, 0.3) is 0 Å². The molecule has 0 aliphatic carbocycles. The number of ether oxygens (including phenoxy) is 1. The standard InChI is InChI=1S/C19H24N2O2S/c1-14-11-15(2)21-19(23-3)17(14)12-20-18(22)9-10-24-13-16-7-5-4-6-8-16/h4-8,11H,9-10,12-13H2,1-3H3,(H,20,22). The second-order valence-corrected chi connectivity index (χ2v) is 6.74. The minimum atomic E-state index is 0.0533. The molecule has 2 aromatic rings. The summed E-state index contributed by atoms with van der Waals surface area (Å²) in [6.45, 7) is 4.39. The van der Waals surface area contributed by atoms with Crippen LogP contribution in [-0.2, 0) is 17.1 Å². The number of aryl methyl sites for hydroxylation is 2. The van der Waals surface area contributed by atoms with Crippen LogP contribution in [0.5, 0.6) is 5.88 Å². The van der Waals surface area contributed by atoms with Gasteiger partial charge in [0.15, 0.2) is 0 Å². The molecule has 5 heteroatoms. The second-order valence-electron chi connectivity index (χ2n) is 5.63. The number of methoxy groups -OCH3 is 1. The Morgan fingerprint density at radius 1 is 1.25 bits per heavy atom. The number of nitrogens with zero attached hydrogens (tertiary/aromatic N) is 1. The molecular formula is C19H24N2O2S. The number of thioether (sulfide) groups is 1. The molecule has 1 heterocycles. The molecule has 1 aromatic heterocycles. The predicted octanol–water partition coefficient (Wildman–Crippen LogP) is 3.65. The van der Waals surface area contributed by atoms with Crippen molar-refractivity contribution in [1.29, 1.82) is 0 Å². The minimum Gasteiger partial charge on any atom is -0.481 e. The third-order valence-corrected chi connectivity index (χ3v) is 4.71. The first-order valence-electron chi connectivity index (χ1n) is 7.99. The third kappa shape index (κ3) is 5.57. The highest BCUT2D eigenvalue weighted by molar-refractivity contribution is 7.98. The molecule has 1 N–H and O–H groups in total. The summed E-state index contributed by atoms with van der Waals surface area (Å²) in [4.78, 5) is 16.4. The number of amides is 1. The van der Waals surface area contributed by atoms with Crippen molar-refractivity contribution < 1.29 is 9.53 Å². The van der Waals surface area contributed by atoms with E-state index in [9.17, 15) is 4.79 Å². The molecule has 0 fully saturated rings. The zero-order valence-corrected chi connectivity index (χ0v) is 15.3. The van der Waals surface area contributed by atoms with Crippen LogP contribution in [0.3, 0.4) is 0 Å². The van der Waals surface area contributed by atoms with Crippen molar-refractivity contribution in [3.63, 3.8) is 0 Å². The highest BCUT2D eigenvalue weighted by atomic mass is 32.2. The number of carbonyl (C=O) groups is 1. The van der Waals surface area contributed by atoms with Gasteiger partial charge < -0.3 is 10.1 Å². The quantitative estimate of drug-likeness (QED) is 0.743. The van der Waals surface area contributed by atoms with Gasteiger partial charge in [-0.05, 0) is 31.0 Å². The van der Waals surface area contributed by atoms with Gasteiger partial charge in [0.2, 0.25) is 11.8 Å². The van der Waals surface area contributed by atoms with E-state index in [4.69, 9.17) is 4.74 Å². The molecular weight excluding hydrogens is 320 g/mol. The SMILES string of the molecule is COc1nc(C)cc(C)c1CNC(=O)CCSCc1ccccc1. The first-order chi connectivity index (χ1) is 11.6. The molecule has 1 aromatic carbocycles. The van der Waals surface area contributed by atoms with Crippen molar-refractivity contribution in [3.05, 3.63) is 58.8 Å². The van der Waals surface area contributed by atoms with Crippen LogP contribution in [-0.4, -0.2) is 23.8 Å². The van der Waals surface area contributed by atoms with Crippen LogP contribution in [0.15, 0.2) is 36.4 Å². The van der Waals surface area contributed by atoms with Crippen molar-refractivity contribution in [2.45, 2.75) is 32.6 Å². The lowest BCUT2D eigenvalue weighted by atomic mass is 10.1. The fourth-order valence-electron chi connectivity index (χ4n) is 2.42. The molecule has 2 rings (SSSR count). The molecule has 0 saturated carbocycles. The van der Waals surface area contributed by atoms with Crippen LogP contribution < -0.4 is 10.1 Å². The Kier molecular flexibility index (Phi) is 7.12. The summed E-state index contributed by atoms with van der Waals surface area (Å²) in [6.07, 6.45) is 0.512. The van der Waals surface area contributed by atoms with Crippen molar-refractivity contribution in [1.82, 2.24) is 10.3 Å². The van der Waals surface area contributed by atoms with Gasteiger partial charge in [-0.2, -0.15) is 11.8 Å². The molecule has 0 aliphatic heterocycles. The predicted molar refractivity (Wildman–Crippen MR) is 99.3 cm³/mol. The normalized spacial score (nSPS) is 10.5. The number of pyridine rings is 1. The number of hydrogen-bond donors (Lipinski definition) is 1. The Bertz CT molecular complexity index is 675. The Morgan fingerprint density at radius 2 is 2.00 bits per heavy atom. The van der Waals surface area contributed by atoms with E-state index in [0.717, 1.165) is 28.3 Å². The van der Waals surface area contributed by atoms with Gasteiger partial charge in [-0.1, -0.05) is 30.3 Å². The molecule has 128 valence electrons. The summed E-state index contributed by atoms with van der Waals surface area (Å²) in [5, 5.41) is 2.96. The average Bonchev–Trinajstić information content (AvgIpc) is 2.58. The molecule has 0 spiro atoms. The van der Waals surface area contributed by atoms with Crippen LogP contribution in [0, 0.1) is 13.8 Å². The van der Waals surface area contributed by atoms with E-state index in [1.807, 2.05) is 38.1 Å². The smallest absolute Gasteiger partial charge is 0.221 e. The first-order valence-corrected chi connectivity index (χ1v) is 9.15. The highest BCUT2D eigenvalue weighted by Crippen LogP contribution is 2.20. The van der Waals surface area contributed by atoms with Gasteiger partial charge in [0.05, 0.1) is 7.11 Å². The Labute approximate surface area is 148 Å². The lowest BCUT2D eigenvalue weighted by molar-refractivity contribution is -0.120.